The smallest absolute Gasteiger partial charge is 0.218 e. The minimum Gasteiger partial charge on any atom is -0.370 e. The van der Waals surface area contributed by atoms with E-state index in [1.54, 1.807) is 0 Å². The second-order valence-electron chi connectivity index (χ2n) is 4.83. The molecule has 6 nitrogen and oxygen atoms in total. The van der Waals surface area contributed by atoms with Gasteiger partial charge in [0.25, 0.3) is 0 Å². The van der Waals surface area contributed by atoms with Gasteiger partial charge in [0.15, 0.2) is 5.96 Å². The number of hydrogen-bond acceptors (Lipinski definition) is 2. The van der Waals surface area contributed by atoms with Crippen LogP contribution in [0.4, 0.5) is 0 Å². The summed E-state index contributed by atoms with van der Waals surface area (Å²) >= 11 is 0. The van der Waals surface area contributed by atoms with E-state index in [1.807, 2.05) is 0 Å². The van der Waals surface area contributed by atoms with Gasteiger partial charge in [0.2, 0.25) is 5.96 Å². The minimum absolute atomic E-state index is 0.0465. The Morgan fingerprint density at radius 1 is 1.25 bits per heavy atom. The highest BCUT2D eigenvalue weighted by Crippen LogP contribution is 2.30. The van der Waals surface area contributed by atoms with Crippen molar-refractivity contribution in [2.45, 2.75) is 19.8 Å². The zero-order chi connectivity index (χ0) is 12.2. The maximum Gasteiger partial charge on any atom is 0.218 e. The second-order valence-corrected chi connectivity index (χ2v) is 4.83. The van der Waals surface area contributed by atoms with Crippen molar-refractivity contribution in [3.05, 3.63) is 0 Å². The van der Waals surface area contributed by atoms with Crippen LogP contribution in [0.3, 0.4) is 0 Å². The van der Waals surface area contributed by atoms with Crippen LogP contribution in [0, 0.1) is 5.41 Å². The molecule has 0 amide bonds. The van der Waals surface area contributed by atoms with Gasteiger partial charge in [-0.25, -0.2) is 0 Å². The van der Waals surface area contributed by atoms with E-state index in [2.05, 4.69) is 28.9 Å². The molecule has 1 aliphatic rings. The van der Waals surface area contributed by atoms with Crippen LogP contribution in [-0.4, -0.2) is 43.5 Å². The summed E-state index contributed by atoms with van der Waals surface area (Å²) in [6.45, 7) is 5.12. The number of rotatable bonds is 2. The standard InChI is InChI=1S/C10H22N6/c1-10(3-5-16(2)6-4-10)7-14-9(13)15-8(11)12/h3-7H2,1-2H3,(H6,11,12,13,14,15). The summed E-state index contributed by atoms with van der Waals surface area (Å²) in [6.07, 6.45) is 2.25. The van der Waals surface area contributed by atoms with Gasteiger partial charge in [0.1, 0.15) is 0 Å². The molecule has 0 aromatic rings. The zero-order valence-corrected chi connectivity index (χ0v) is 10.1. The Labute approximate surface area is 96.6 Å². The van der Waals surface area contributed by atoms with Crippen molar-refractivity contribution in [3.8, 4) is 0 Å². The lowest BCUT2D eigenvalue weighted by molar-refractivity contribution is 0.147. The normalized spacial score (nSPS) is 21.8. The Kier molecular flexibility index (Phi) is 4.12. The van der Waals surface area contributed by atoms with Crippen molar-refractivity contribution in [1.82, 2.24) is 4.90 Å². The highest BCUT2D eigenvalue weighted by atomic mass is 15.1. The Hall–Kier alpha value is -1.30. The quantitative estimate of drug-likeness (QED) is 0.428. The first-order valence-electron chi connectivity index (χ1n) is 5.49. The largest absolute Gasteiger partial charge is 0.370 e. The number of nitrogens with two attached hydrogens (primary N) is 3. The third kappa shape index (κ3) is 4.06. The molecule has 0 bridgehead atoms. The van der Waals surface area contributed by atoms with E-state index >= 15 is 0 Å². The van der Waals surface area contributed by atoms with Gasteiger partial charge in [-0.2, -0.15) is 4.99 Å². The molecule has 1 fully saturated rings. The predicted octanol–water partition coefficient (Wildman–Crippen LogP) is -0.694. The minimum atomic E-state index is -0.0465. The average Bonchev–Trinajstić information content (AvgIpc) is 2.20. The van der Waals surface area contributed by atoms with Gasteiger partial charge in [-0.3, -0.25) is 4.99 Å². The van der Waals surface area contributed by atoms with Gasteiger partial charge >= 0.3 is 0 Å². The lowest BCUT2D eigenvalue weighted by Gasteiger charge is -2.36. The number of piperidine rings is 1. The molecule has 1 rings (SSSR count). The summed E-state index contributed by atoms with van der Waals surface area (Å²) < 4.78 is 0. The zero-order valence-electron chi connectivity index (χ0n) is 10.1. The third-order valence-electron chi connectivity index (χ3n) is 3.06. The van der Waals surface area contributed by atoms with Crippen molar-refractivity contribution >= 4 is 11.9 Å². The molecule has 16 heavy (non-hydrogen) atoms. The van der Waals surface area contributed by atoms with Crippen LogP contribution in [0.25, 0.3) is 0 Å². The van der Waals surface area contributed by atoms with Crippen LogP contribution >= 0.6 is 0 Å². The molecule has 6 N–H and O–H groups in total. The molecule has 0 aromatic carbocycles. The summed E-state index contributed by atoms with van der Waals surface area (Å²) in [5, 5.41) is 0. The SMILES string of the molecule is CN1CCC(C)(CN=C(N)N=C(N)N)CC1. The summed E-state index contributed by atoms with van der Waals surface area (Å²) in [5.41, 5.74) is 16.2. The van der Waals surface area contributed by atoms with E-state index in [4.69, 9.17) is 17.2 Å². The van der Waals surface area contributed by atoms with Crippen LogP contribution in [0.2, 0.25) is 0 Å². The molecule has 1 aliphatic heterocycles. The van der Waals surface area contributed by atoms with E-state index in [1.165, 1.54) is 0 Å². The van der Waals surface area contributed by atoms with Crippen molar-refractivity contribution in [3.63, 3.8) is 0 Å². The second kappa shape index (κ2) is 5.16. The molecule has 0 spiro atoms. The van der Waals surface area contributed by atoms with Gasteiger partial charge in [0.05, 0.1) is 0 Å². The van der Waals surface area contributed by atoms with E-state index < -0.39 is 0 Å². The Balaban J connectivity index is 2.51. The number of aliphatic imine (C=N–C) groups is 2. The molecular weight excluding hydrogens is 204 g/mol. The summed E-state index contributed by atoms with van der Waals surface area (Å²) in [6, 6.07) is 0. The molecule has 1 saturated heterocycles. The first-order valence-corrected chi connectivity index (χ1v) is 5.49. The van der Waals surface area contributed by atoms with Crippen molar-refractivity contribution in [2.24, 2.45) is 32.6 Å². The highest BCUT2D eigenvalue weighted by Gasteiger charge is 2.28. The Bertz CT molecular complexity index is 284. The molecular formula is C10H22N6. The highest BCUT2D eigenvalue weighted by molar-refractivity contribution is 5.92. The monoisotopic (exact) mass is 226 g/mol. The van der Waals surface area contributed by atoms with Crippen LogP contribution in [0.15, 0.2) is 9.98 Å². The number of nitrogens with zero attached hydrogens (tertiary/aromatic N) is 3. The molecule has 92 valence electrons. The average molecular weight is 226 g/mol. The van der Waals surface area contributed by atoms with Crippen LogP contribution in [0.5, 0.6) is 0 Å². The number of guanidine groups is 2. The maximum atomic E-state index is 5.57. The van der Waals surface area contributed by atoms with E-state index in [0.29, 0.717) is 6.54 Å². The van der Waals surface area contributed by atoms with Crippen molar-refractivity contribution in [1.29, 1.82) is 0 Å². The van der Waals surface area contributed by atoms with E-state index in [0.717, 1.165) is 25.9 Å². The van der Waals surface area contributed by atoms with Crippen molar-refractivity contribution in [2.75, 3.05) is 26.7 Å². The lowest BCUT2D eigenvalue weighted by atomic mass is 9.80. The lowest BCUT2D eigenvalue weighted by Crippen LogP contribution is -2.38. The predicted molar refractivity (Wildman–Crippen MR) is 67.1 cm³/mol. The molecule has 1 heterocycles. The van der Waals surface area contributed by atoms with Gasteiger partial charge in [-0.05, 0) is 38.4 Å². The molecule has 0 unspecified atom stereocenters. The Morgan fingerprint density at radius 3 is 2.31 bits per heavy atom. The molecule has 0 saturated carbocycles. The van der Waals surface area contributed by atoms with Crippen LogP contribution < -0.4 is 17.2 Å². The fourth-order valence-electron chi connectivity index (χ4n) is 1.76. The van der Waals surface area contributed by atoms with Gasteiger partial charge in [-0.15, -0.1) is 0 Å². The molecule has 0 aromatic heterocycles. The molecule has 0 atom stereocenters. The Morgan fingerprint density at radius 2 is 1.81 bits per heavy atom. The van der Waals surface area contributed by atoms with Gasteiger partial charge in [0, 0.05) is 6.54 Å². The van der Waals surface area contributed by atoms with Crippen molar-refractivity contribution < 1.29 is 0 Å². The molecule has 0 aliphatic carbocycles. The molecule has 0 radical (unpaired) electrons. The summed E-state index contributed by atoms with van der Waals surface area (Å²) in [7, 11) is 2.14. The summed E-state index contributed by atoms with van der Waals surface area (Å²) in [5.74, 6) is 0.120. The topological polar surface area (TPSA) is 106 Å². The van der Waals surface area contributed by atoms with E-state index in [-0.39, 0.29) is 17.3 Å². The van der Waals surface area contributed by atoms with Crippen LogP contribution in [0.1, 0.15) is 19.8 Å². The van der Waals surface area contributed by atoms with Gasteiger partial charge in [-0.1, -0.05) is 6.92 Å². The first kappa shape index (κ1) is 12.8. The van der Waals surface area contributed by atoms with E-state index in [9.17, 15) is 0 Å². The molecule has 6 heteroatoms. The number of likely N-dealkylation sites (tertiary alicyclic amines) is 1. The summed E-state index contributed by atoms with van der Waals surface area (Å²) in [4.78, 5) is 10.2. The fraction of sp³-hybridized carbons (Fsp3) is 0.800. The maximum absolute atomic E-state index is 5.57. The first-order chi connectivity index (χ1) is 7.41. The third-order valence-corrected chi connectivity index (χ3v) is 3.06. The fourth-order valence-corrected chi connectivity index (χ4v) is 1.76. The van der Waals surface area contributed by atoms with Crippen LogP contribution in [-0.2, 0) is 0 Å². The number of hydrogen-bond donors (Lipinski definition) is 3. The van der Waals surface area contributed by atoms with Gasteiger partial charge < -0.3 is 22.1 Å².